The molecule has 2 amide bonds. The molecule has 2 heterocycles. The first kappa shape index (κ1) is 22.1. The first-order valence-corrected chi connectivity index (χ1v) is 10.7. The number of rotatable bonds is 7. The first-order valence-electron chi connectivity index (χ1n) is 9.37. The van der Waals surface area contributed by atoms with Gasteiger partial charge in [-0.1, -0.05) is 11.6 Å². The summed E-state index contributed by atoms with van der Waals surface area (Å²) in [6, 6.07) is 6.51. The Morgan fingerprint density at radius 1 is 1.33 bits per heavy atom. The van der Waals surface area contributed by atoms with E-state index >= 15 is 0 Å². The van der Waals surface area contributed by atoms with Crippen LogP contribution in [0.5, 0.6) is 5.75 Å². The van der Waals surface area contributed by atoms with Crippen molar-refractivity contribution in [1.29, 1.82) is 0 Å². The van der Waals surface area contributed by atoms with Gasteiger partial charge in [-0.25, -0.2) is 0 Å². The molecule has 1 aromatic heterocycles. The number of methoxy groups -OCH3 is 1. The Hall–Kier alpha value is -2.58. The first-order chi connectivity index (χ1) is 14.4. The fourth-order valence-electron chi connectivity index (χ4n) is 2.99. The van der Waals surface area contributed by atoms with Crippen molar-refractivity contribution in [2.45, 2.75) is 26.3 Å². The molecule has 160 valence electrons. The Bertz CT molecular complexity index is 959. The number of carbonyl (C=O) groups is 2. The lowest BCUT2D eigenvalue weighted by atomic mass is 10.1. The van der Waals surface area contributed by atoms with Crippen molar-refractivity contribution in [3.63, 3.8) is 0 Å². The number of hydrogen-bond donors (Lipinski definition) is 2. The smallest absolute Gasteiger partial charge is 0.265 e. The van der Waals surface area contributed by atoms with Gasteiger partial charge in [-0.3, -0.25) is 9.59 Å². The molecule has 1 atom stereocenters. The topological polar surface area (TPSA) is 89.8 Å². The summed E-state index contributed by atoms with van der Waals surface area (Å²) in [7, 11) is 1.45. The molecular weight excluding hydrogens is 428 g/mol. The number of allylic oxidation sites excluding steroid dienone is 1. The lowest BCUT2D eigenvalue weighted by Gasteiger charge is -2.19. The van der Waals surface area contributed by atoms with Crippen LogP contribution in [0.1, 0.15) is 30.0 Å². The molecular formula is C21H23ClN2O5S. The normalized spacial score (nSPS) is 14.7. The fourth-order valence-corrected chi connectivity index (χ4v) is 4.01. The molecule has 0 fully saturated rings. The van der Waals surface area contributed by atoms with Gasteiger partial charge < -0.3 is 24.5 Å². The highest BCUT2D eigenvalue weighted by atomic mass is 35.5. The highest BCUT2D eigenvalue weighted by molar-refractivity contribution is 8.04. The molecule has 1 aliphatic heterocycles. The van der Waals surface area contributed by atoms with Crippen LogP contribution in [-0.2, 0) is 16.0 Å². The minimum atomic E-state index is -0.333. The molecule has 1 aliphatic rings. The summed E-state index contributed by atoms with van der Waals surface area (Å²) in [5.41, 5.74) is 0.628. The van der Waals surface area contributed by atoms with Gasteiger partial charge in [-0.2, -0.15) is 0 Å². The third-order valence-corrected chi connectivity index (χ3v) is 5.87. The van der Waals surface area contributed by atoms with E-state index in [9.17, 15) is 9.59 Å². The fraction of sp³-hybridized carbons (Fsp3) is 0.333. The molecule has 3 rings (SSSR count). The van der Waals surface area contributed by atoms with Crippen LogP contribution in [-0.4, -0.2) is 37.3 Å². The Kier molecular flexibility index (Phi) is 7.33. The zero-order valence-corrected chi connectivity index (χ0v) is 18.5. The van der Waals surface area contributed by atoms with Gasteiger partial charge in [0.1, 0.15) is 22.2 Å². The SMILES string of the molecule is COc1cc(NC(=O)C2=C(C)OCCS2)c(Cl)cc1C(=O)NC(C)Cc1ccco1. The Morgan fingerprint density at radius 2 is 2.13 bits per heavy atom. The van der Waals surface area contributed by atoms with Crippen molar-refractivity contribution >= 4 is 40.9 Å². The van der Waals surface area contributed by atoms with Crippen molar-refractivity contribution < 1.29 is 23.5 Å². The van der Waals surface area contributed by atoms with E-state index in [1.807, 2.05) is 13.0 Å². The second-order valence-corrected chi connectivity index (χ2v) is 8.24. The summed E-state index contributed by atoms with van der Waals surface area (Å²) < 4.78 is 16.1. The summed E-state index contributed by atoms with van der Waals surface area (Å²) in [5, 5.41) is 5.90. The van der Waals surface area contributed by atoms with Gasteiger partial charge in [0.2, 0.25) is 0 Å². The number of carbonyl (C=O) groups excluding carboxylic acids is 2. The molecule has 2 N–H and O–H groups in total. The summed E-state index contributed by atoms with van der Waals surface area (Å²) in [5.74, 6) is 1.71. The molecule has 2 aromatic rings. The summed E-state index contributed by atoms with van der Waals surface area (Å²) in [6.07, 6.45) is 2.15. The monoisotopic (exact) mass is 450 g/mol. The summed E-state index contributed by atoms with van der Waals surface area (Å²) >= 11 is 7.78. The lowest BCUT2D eigenvalue weighted by molar-refractivity contribution is -0.112. The van der Waals surface area contributed by atoms with Gasteiger partial charge in [-0.15, -0.1) is 11.8 Å². The van der Waals surface area contributed by atoms with Crippen molar-refractivity contribution in [3.8, 4) is 5.75 Å². The predicted molar refractivity (Wildman–Crippen MR) is 117 cm³/mol. The van der Waals surface area contributed by atoms with Crippen molar-refractivity contribution in [2.24, 2.45) is 0 Å². The van der Waals surface area contributed by atoms with Gasteiger partial charge in [0.05, 0.1) is 36.3 Å². The van der Waals surface area contributed by atoms with Crippen LogP contribution < -0.4 is 15.4 Å². The maximum Gasteiger partial charge on any atom is 0.265 e. The molecule has 0 radical (unpaired) electrons. The van der Waals surface area contributed by atoms with E-state index < -0.39 is 0 Å². The van der Waals surface area contributed by atoms with Crippen LogP contribution in [0.4, 0.5) is 5.69 Å². The highest BCUT2D eigenvalue weighted by Crippen LogP contribution is 2.33. The van der Waals surface area contributed by atoms with Crippen molar-refractivity contribution in [3.05, 3.63) is 57.5 Å². The number of thioether (sulfide) groups is 1. The maximum atomic E-state index is 12.7. The van der Waals surface area contributed by atoms with Gasteiger partial charge >= 0.3 is 0 Å². The van der Waals surface area contributed by atoms with Crippen LogP contribution in [0, 0.1) is 0 Å². The second kappa shape index (κ2) is 9.95. The molecule has 9 heteroatoms. The Labute approximate surface area is 184 Å². The van der Waals surface area contributed by atoms with Crippen molar-refractivity contribution in [2.75, 3.05) is 24.8 Å². The highest BCUT2D eigenvalue weighted by Gasteiger charge is 2.22. The number of amides is 2. The Morgan fingerprint density at radius 3 is 2.80 bits per heavy atom. The van der Waals surface area contributed by atoms with E-state index in [-0.39, 0.29) is 28.4 Å². The number of anilines is 1. The molecule has 30 heavy (non-hydrogen) atoms. The van der Waals surface area contributed by atoms with Gasteiger partial charge in [-0.05, 0) is 32.0 Å². The third-order valence-electron chi connectivity index (χ3n) is 4.42. The quantitative estimate of drug-likeness (QED) is 0.655. The van der Waals surface area contributed by atoms with E-state index in [0.717, 1.165) is 5.76 Å². The Balaban J connectivity index is 1.74. The van der Waals surface area contributed by atoms with E-state index in [0.29, 0.717) is 40.9 Å². The zero-order valence-electron chi connectivity index (χ0n) is 16.9. The minimum absolute atomic E-state index is 0.162. The van der Waals surface area contributed by atoms with Crippen LogP contribution in [0.3, 0.4) is 0 Å². The number of benzene rings is 1. The van der Waals surface area contributed by atoms with Crippen LogP contribution in [0.2, 0.25) is 5.02 Å². The molecule has 1 unspecified atom stereocenters. The summed E-state index contributed by atoms with van der Waals surface area (Å²) in [4.78, 5) is 25.8. The average Bonchev–Trinajstić information content (AvgIpc) is 3.22. The molecule has 7 nitrogen and oxygen atoms in total. The van der Waals surface area contributed by atoms with Crippen LogP contribution >= 0.6 is 23.4 Å². The molecule has 0 saturated carbocycles. The average molecular weight is 451 g/mol. The molecule has 0 bridgehead atoms. The van der Waals surface area contributed by atoms with Gasteiger partial charge in [0.15, 0.2) is 0 Å². The van der Waals surface area contributed by atoms with E-state index in [1.165, 1.54) is 31.0 Å². The van der Waals surface area contributed by atoms with Crippen LogP contribution in [0.25, 0.3) is 0 Å². The van der Waals surface area contributed by atoms with E-state index in [4.69, 9.17) is 25.5 Å². The van der Waals surface area contributed by atoms with Gasteiger partial charge in [0, 0.05) is 24.3 Å². The number of nitrogens with one attached hydrogen (secondary N) is 2. The summed E-state index contributed by atoms with van der Waals surface area (Å²) in [6.45, 7) is 4.20. The van der Waals surface area contributed by atoms with E-state index in [1.54, 1.807) is 19.3 Å². The number of hydrogen-bond acceptors (Lipinski definition) is 6. The molecule has 0 spiro atoms. The predicted octanol–water partition coefficient (Wildman–Crippen LogP) is 4.24. The maximum absolute atomic E-state index is 12.7. The molecule has 1 aromatic carbocycles. The third kappa shape index (κ3) is 5.31. The van der Waals surface area contributed by atoms with Crippen LogP contribution in [0.15, 0.2) is 45.6 Å². The standard InChI is InChI=1S/C21H23ClN2O5S/c1-12(9-14-5-4-6-29-14)23-20(25)15-10-16(22)17(11-18(15)27-3)24-21(26)19-13(2)28-7-8-30-19/h4-6,10-12H,7-9H2,1-3H3,(H,23,25)(H,24,26). The van der Waals surface area contributed by atoms with E-state index in [2.05, 4.69) is 10.6 Å². The second-order valence-electron chi connectivity index (χ2n) is 6.73. The number of halogens is 1. The van der Waals surface area contributed by atoms with Crippen molar-refractivity contribution in [1.82, 2.24) is 5.32 Å². The van der Waals surface area contributed by atoms with Gasteiger partial charge in [0.25, 0.3) is 11.8 Å². The molecule has 0 saturated heterocycles. The minimum Gasteiger partial charge on any atom is -0.496 e. The number of ether oxygens (including phenoxy) is 2. The molecule has 0 aliphatic carbocycles. The largest absolute Gasteiger partial charge is 0.496 e. The lowest BCUT2D eigenvalue weighted by Crippen LogP contribution is -2.34. The zero-order chi connectivity index (χ0) is 21.7. The number of furan rings is 1.